The molecule has 5 heteroatoms. The second-order valence-electron chi connectivity index (χ2n) is 10.9. The van der Waals surface area contributed by atoms with E-state index in [0.717, 1.165) is 51.9 Å². The zero-order valence-electron chi connectivity index (χ0n) is 21.3. The predicted octanol–water partition coefficient (Wildman–Crippen LogP) is 9.40. The van der Waals surface area contributed by atoms with Crippen molar-refractivity contribution in [2.45, 2.75) is 59.3 Å². The minimum atomic E-state index is -0.433. The number of benzene rings is 3. The van der Waals surface area contributed by atoms with Crippen LogP contribution in [0.15, 0.2) is 48.5 Å². The number of fused-ring (bicyclic) bond motifs is 1. The lowest BCUT2D eigenvalue weighted by Gasteiger charge is -2.37. The molecule has 0 unspecified atom stereocenters. The van der Waals surface area contributed by atoms with Gasteiger partial charge < -0.3 is 14.8 Å². The van der Waals surface area contributed by atoms with Gasteiger partial charge in [-0.15, -0.1) is 0 Å². The van der Waals surface area contributed by atoms with E-state index in [-0.39, 0.29) is 5.02 Å². The van der Waals surface area contributed by atoms with Crippen molar-refractivity contribution in [2.24, 2.45) is 17.3 Å². The summed E-state index contributed by atoms with van der Waals surface area (Å²) >= 11 is 5.97. The van der Waals surface area contributed by atoms with Crippen LogP contribution in [-0.4, -0.2) is 13.7 Å². The van der Waals surface area contributed by atoms with Crippen LogP contribution in [0.3, 0.4) is 0 Å². The van der Waals surface area contributed by atoms with Gasteiger partial charge in [0.05, 0.1) is 18.7 Å². The van der Waals surface area contributed by atoms with Crippen LogP contribution in [0.5, 0.6) is 11.5 Å². The van der Waals surface area contributed by atoms with Crippen LogP contribution in [-0.2, 0) is 0 Å². The molecule has 35 heavy (non-hydrogen) atoms. The molecule has 0 aliphatic heterocycles. The molecule has 0 aromatic heterocycles. The molecule has 0 spiro atoms. The van der Waals surface area contributed by atoms with E-state index in [4.69, 9.17) is 21.1 Å². The Morgan fingerprint density at radius 1 is 1.00 bits per heavy atom. The van der Waals surface area contributed by atoms with Gasteiger partial charge in [-0.3, -0.25) is 0 Å². The Morgan fingerprint density at radius 3 is 2.46 bits per heavy atom. The molecule has 0 heterocycles. The third-order valence-electron chi connectivity index (χ3n) is 7.45. The molecule has 1 fully saturated rings. The molecule has 1 aliphatic rings. The predicted molar refractivity (Wildman–Crippen MR) is 145 cm³/mol. The van der Waals surface area contributed by atoms with Crippen molar-refractivity contribution in [2.75, 3.05) is 19.0 Å². The summed E-state index contributed by atoms with van der Waals surface area (Å²) in [6.45, 7) is 7.79. The maximum Gasteiger partial charge on any atom is 0.161 e. The molecule has 188 valence electrons. The molecular formula is C30H37ClFNO2. The molecule has 1 saturated carbocycles. The summed E-state index contributed by atoms with van der Waals surface area (Å²) < 4.78 is 25.4. The van der Waals surface area contributed by atoms with E-state index >= 15 is 0 Å². The van der Waals surface area contributed by atoms with Crippen molar-refractivity contribution in [3.05, 3.63) is 59.4 Å². The van der Waals surface area contributed by atoms with Crippen molar-refractivity contribution in [3.8, 4) is 11.5 Å². The molecule has 0 amide bonds. The summed E-state index contributed by atoms with van der Waals surface area (Å²) in [7, 11) is 1.67. The summed E-state index contributed by atoms with van der Waals surface area (Å²) in [5.74, 6) is 2.70. The fraction of sp³-hybridized carbons (Fsp3) is 0.467. The monoisotopic (exact) mass is 497 g/mol. The highest BCUT2D eigenvalue weighted by Crippen LogP contribution is 2.41. The maximum absolute atomic E-state index is 13.6. The molecule has 3 nitrogen and oxygen atoms in total. The van der Waals surface area contributed by atoms with E-state index in [2.05, 4.69) is 26.1 Å². The summed E-state index contributed by atoms with van der Waals surface area (Å²) in [5, 5.41) is 5.48. The van der Waals surface area contributed by atoms with Crippen LogP contribution in [0, 0.1) is 23.1 Å². The smallest absolute Gasteiger partial charge is 0.161 e. The van der Waals surface area contributed by atoms with Crippen LogP contribution in [0.25, 0.3) is 10.8 Å². The quantitative estimate of drug-likeness (QED) is 0.314. The van der Waals surface area contributed by atoms with E-state index in [0.29, 0.717) is 12.0 Å². The molecule has 1 aliphatic carbocycles. The van der Waals surface area contributed by atoms with Gasteiger partial charge in [-0.2, -0.15) is 0 Å². The minimum absolute atomic E-state index is 0.0906. The van der Waals surface area contributed by atoms with Crippen molar-refractivity contribution < 1.29 is 13.9 Å². The first-order chi connectivity index (χ1) is 16.7. The van der Waals surface area contributed by atoms with Gasteiger partial charge >= 0.3 is 0 Å². The number of hydrogen-bond acceptors (Lipinski definition) is 3. The zero-order chi connectivity index (χ0) is 25.0. The number of hydrogen-bond donors (Lipinski definition) is 1. The molecule has 0 saturated heterocycles. The fourth-order valence-corrected chi connectivity index (χ4v) is 5.45. The Hall–Kier alpha value is -2.46. The van der Waals surface area contributed by atoms with Gasteiger partial charge in [0.15, 0.2) is 11.5 Å². The number of methoxy groups -OCH3 is 1. The fourth-order valence-electron chi connectivity index (χ4n) is 5.27. The van der Waals surface area contributed by atoms with Crippen molar-refractivity contribution in [3.63, 3.8) is 0 Å². The first-order valence-electron chi connectivity index (χ1n) is 12.7. The molecule has 3 aromatic carbocycles. The van der Waals surface area contributed by atoms with Crippen LogP contribution in [0.2, 0.25) is 5.02 Å². The van der Waals surface area contributed by atoms with Gasteiger partial charge in [0.1, 0.15) is 5.82 Å². The molecule has 1 N–H and O–H groups in total. The highest BCUT2D eigenvalue weighted by Gasteiger charge is 2.29. The summed E-state index contributed by atoms with van der Waals surface area (Å²) in [6.07, 6.45) is 7.63. The highest BCUT2D eigenvalue weighted by molar-refractivity contribution is 6.31. The average molecular weight is 498 g/mol. The van der Waals surface area contributed by atoms with Crippen LogP contribution in [0.1, 0.15) is 59.3 Å². The third-order valence-corrected chi connectivity index (χ3v) is 7.74. The van der Waals surface area contributed by atoms with Crippen molar-refractivity contribution in [1.82, 2.24) is 0 Å². The Labute approximate surface area is 214 Å². The van der Waals surface area contributed by atoms with Gasteiger partial charge in [0.25, 0.3) is 0 Å². The van der Waals surface area contributed by atoms with E-state index in [1.165, 1.54) is 38.2 Å². The molecular weight excluding hydrogens is 461 g/mol. The SMILES string of the molecule is COc1cc2cccc(Nc3ccc(F)c(Cl)c3)c2cc1OCCCC1CCC(C(C)(C)C)CC1. The Morgan fingerprint density at radius 2 is 1.77 bits per heavy atom. The van der Waals surface area contributed by atoms with E-state index in [9.17, 15) is 4.39 Å². The van der Waals surface area contributed by atoms with Crippen LogP contribution < -0.4 is 14.8 Å². The summed E-state index contributed by atoms with van der Waals surface area (Å²) in [5.41, 5.74) is 2.05. The van der Waals surface area contributed by atoms with Crippen LogP contribution >= 0.6 is 11.6 Å². The lowest BCUT2D eigenvalue weighted by atomic mass is 9.69. The lowest BCUT2D eigenvalue weighted by Crippen LogP contribution is -2.26. The molecule has 3 aromatic rings. The minimum Gasteiger partial charge on any atom is -0.493 e. The Bertz CT molecular complexity index is 1150. The first kappa shape index (κ1) is 25.6. The van der Waals surface area contributed by atoms with E-state index < -0.39 is 5.82 Å². The van der Waals surface area contributed by atoms with Gasteiger partial charge in [0, 0.05) is 16.8 Å². The molecule has 0 bridgehead atoms. The van der Waals surface area contributed by atoms with Gasteiger partial charge in [-0.1, -0.05) is 57.3 Å². The number of nitrogens with one attached hydrogen (secondary N) is 1. The second-order valence-corrected chi connectivity index (χ2v) is 11.3. The number of anilines is 2. The normalized spacial score (nSPS) is 18.5. The lowest BCUT2D eigenvalue weighted by molar-refractivity contribution is 0.142. The van der Waals surface area contributed by atoms with Gasteiger partial charge in [-0.25, -0.2) is 4.39 Å². The second kappa shape index (κ2) is 11.1. The van der Waals surface area contributed by atoms with Crippen LogP contribution in [0.4, 0.5) is 15.8 Å². The number of rotatable bonds is 8. The third kappa shape index (κ3) is 6.41. The van der Waals surface area contributed by atoms with Gasteiger partial charge in [-0.05, 0) is 84.7 Å². The number of halogens is 2. The standard InChI is InChI=1S/C30H37ClFNO2/c1-30(2,3)22-12-10-20(11-13-22)7-6-16-35-29-19-24-21(17-28(29)34-4)8-5-9-27(24)33-23-14-15-26(32)25(31)18-23/h5,8-9,14-15,17-20,22,33H,6-7,10-13,16H2,1-4H3. The highest BCUT2D eigenvalue weighted by atomic mass is 35.5. The first-order valence-corrected chi connectivity index (χ1v) is 13.1. The van der Waals surface area contributed by atoms with E-state index in [1.807, 2.05) is 30.3 Å². The Kier molecular flexibility index (Phi) is 8.11. The maximum atomic E-state index is 13.6. The molecule has 4 rings (SSSR count). The number of ether oxygens (including phenoxy) is 2. The van der Waals surface area contributed by atoms with E-state index in [1.54, 1.807) is 19.2 Å². The topological polar surface area (TPSA) is 30.5 Å². The molecule has 0 atom stereocenters. The average Bonchev–Trinajstić information content (AvgIpc) is 2.83. The van der Waals surface area contributed by atoms with Crippen molar-refractivity contribution >= 4 is 33.7 Å². The molecule has 0 radical (unpaired) electrons. The zero-order valence-corrected chi connectivity index (χ0v) is 22.1. The largest absolute Gasteiger partial charge is 0.493 e. The van der Waals surface area contributed by atoms with Gasteiger partial charge in [0.2, 0.25) is 0 Å². The summed E-state index contributed by atoms with van der Waals surface area (Å²) in [6, 6.07) is 14.7. The van der Waals surface area contributed by atoms with Crippen molar-refractivity contribution in [1.29, 1.82) is 0 Å². The summed E-state index contributed by atoms with van der Waals surface area (Å²) in [4.78, 5) is 0. The Balaban J connectivity index is 1.41.